The van der Waals surface area contributed by atoms with E-state index in [1.807, 2.05) is 31.2 Å². The number of methoxy groups -OCH3 is 3. The largest absolute Gasteiger partial charge is 0.497 e. The number of esters is 1. The molecule has 0 unspecified atom stereocenters. The summed E-state index contributed by atoms with van der Waals surface area (Å²) in [6.07, 6.45) is -0.537. The predicted molar refractivity (Wildman–Crippen MR) is 104 cm³/mol. The summed E-state index contributed by atoms with van der Waals surface area (Å²) in [7, 11) is 4.82. The third kappa shape index (κ3) is 5.81. The number of nitrogens with one attached hydrogen (secondary N) is 1. The van der Waals surface area contributed by atoms with Gasteiger partial charge in [0.1, 0.15) is 18.0 Å². The van der Waals surface area contributed by atoms with Crippen molar-refractivity contribution >= 4 is 11.7 Å². The lowest BCUT2D eigenvalue weighted by Gasteiger charge is -2.33. The molecule has 1 aromatic rings. The average Bonchev–Trinajstić information content (AvgIpc) is 2.99. The van der Waals surface area contributed by atoms with Crippen LogP contribution in [-0.4, -0.2) is 71.2 Å². The second-order valence-corrected chi connectivity index (χ2v) is 6.67. The second-order valence-electron chi connectivity index (χ2n) is 6.67. The number of anilines is 1. The summed E-state index contributed by atoms with van der Waals surface area (Å²) < 4.78 is 33.2. The Morgan fingerprint density at radius 2 is 1.68 bits per heavy atom. The van der Waals surface area contributed by atoms with Gasteiger partial charge in [0, 0.05) is 19.9 Å². The van der Waals surface area contributed by atoms with E-state index in [2.05, 4.69) is 5.32 Å². The Morgan fingerprint density at radius 3 is 2.14 bits per heavy atom. The molecule has 1 aromatic carbocycles. The molecule has 3 atom stereocenters. The summed E-state index contributed by atoms with van der Waals surface area (Å²) in [5, 5.41) is 3.34. The Morgan fingerprint density at radius 1 is 1.11 bits per heavy atom. The van der Waals surface area contributed by atoms with Crippen molar-refractivity contribution in [2.24, 2.45) is 0 Å². The summed E-state index contributed by atoms with van der Waals surface area (Å²) in [6, 6.07) is 6.93. The van der Waals surface area contributed by atoms with Crippen LogP contribution in [-0.2, 0) is 28.5 Å². The molecular formula is C20H31NO7. The van der Waals surface area contributed by atoms with Crippen LogP contribution in [0, 0.1) is 0 Å². The average molecular weight is 397 g/mol. The monoisotopic (exact) mass is 397 g/mol. The van der Waals surface area contributed by atoms with Gasteiger partial charge in [-0.25, -0.2) is 0 Å². The lowest BCUT2D eigenvalue weighted by molar-refractivity contribution is -0.183. The molecule has 0 amide bonds. The van der Waals surface area contributed by atoms with Gasteiger partial charge in [0.25, 0.3) is 0 Å². The van der Waals surface area contributed by atoms with Crippen molar-refractivity contribution in [2.45, 2.75) is 44.3 Å². The highest BCUT2D eigenvalue weighted by atomic mass is 16.8. The van der Waals surface area contributed by atoms with Crippen LogP contribution in [0.1, 0.15) is 20.3 Å². The molecule has 1 heterocycles. The van der Waals surface area contributed by atoms with Crippen molar-refractivity contribution in [1.82, 2.24) is 0 Å². The molecule has 0 spiro atoms. The molecule has 28 heavy (non-hydrogen) atoms. The molecule has 0 radical (unpaired) electrons. The van der Waals surface area contributed by atoms with Gasteiger partial charge in [0.15, 0.2) is 5.79 Å². The van der Waals surface area contributed by atoms with E-state index in [9.17, 15) is 4.79 Å². The zero-order chi connectivity index (χ0) is 20.6. The molecule has 8 nitrogen and oxygen atoms in total. The second kappa shape index (κ2) is 10.6. The number of hydrogen-bond donors (Lipinski definition) is 1. The molecule has 158 valence electrons. The van der Waals surface area contributed by atoms with Crippen molar-refractivity contribution in [3.05, 3.63) is 24.3 Å². The first-order valence-electron chi connectivity index (χ1n) is 9.35. The molecule has 0 aromatic heterocycles. The Balaban J connectivity index is 2.21. The number of rotatable bonds is 11. The van der Waals surface area contributed by atoms with Crippen LogP contribution in [0.15, 0.2) is 24.3 Å². The van der Waals surface area contributed by atoms with Crippen LogP contribution < -0.4 is 10.1 Å². The van der Waals surface area contributed by atoms with E-state index in [1.165, 1.54) is 0 Å². The minimum atomic E-state index is -1.07. The first-order valence-corrected chi connectivity index (χ1v) is 9.35. The van der Waals surface area contributed by atoms with Gasteiger partial charge in [-0.2, -0.15) is 0 Å². The molecule has 1 N–H and O–H groups in total. The third-order valence-corrected chi connectivity index (χ3v) is 4.59. The van der Waals surface area contributed by atoms with Crippen LogP contribution in [0.2, 0.25) is 0 Å². The van der Waals surface area contributed by atoms with Crippen molar-refractivity contribution in [1.29, 1.82) is 0 Å². The predicted octanol–water partition coefficient (Wildman–Crippen LogP) is 2.22. The van der Waals surface area contributed by atoms with E-state index < -0.39 is 11.8 Å². The number of hydrogen-bond acceptors (Lipinski definition) is 8. The molecule has 1 aliphatic rings. The van der Waals surface area contributed by atoms with E-state index in [4.69, 9.17) is 28.4 Å². The van der Waals surface area contributed by atoms with Crippen molar-refractivity contribution in [3.8, 4) is 5.75 Å². The Hall–Kier alpha value is -1.87. The third-order valence-electron chi connectivity index (χ3n) is 4.59. The molecular weight excluding hydrogens is 366 g/mol. The van der Waals surface area contributed by atoms with Crippen molar-refractivity contribution < 1.29 is 33.2 Å². The fourth-order valence-electron chi connectivity index (χ4n) is 3.20. The van der Waals surface area contributed by atoms with Crippen molar-refractivity contribution in [2.75, 3.05) is 46.5 Å². The Bertz CT molecular complexity index is 593. The highest BCUT2D eigenvalue weighted by Gasteiger charge is 2.50. The van der Waals surface area contributed by atoms with Crippen LogP contribution in [0.3, 0.4) is 0 Å². The molecule has 1 aliphatic heterocycles. The topological polar surface area (TPSA) is 84.5 Å². The van der Waals surface area contributed by atoms with E-state index in [-0.39, 0.29) is 24.6 Å². The van der Waals surface area contributed by atoms with Gasteiger partial charge in [-0.05, 0) is 38.1 Å². The highest BCUT2D eigenvalue weighted by Crippen LogP contribution is 2.35. The number of benzene rings is 1. The van der Waals surface area contributed by atoms with Crippen LogP contribution in [0.4, 0.5) is 5.69 Å². The molecule has 1 fully saturated rings. The standard InChI is InChI=1S/C20H31NO7/c1-6-26-19(22)11-18(21-14-7-9-15(25-5)10-8-14)20(2)27-16(12-23-3)17(28-20)13-24-4/h7-10,16-18,21H,6,11-13H2,1-5H3/t16-,17-,18+/m0/s1. The number of carbonyl (C=O) groups is 1. The van der Waals surface area contributed by atoms with Gasteiger partial charge in [0.2, 0.25) is 0 Å². The molecule has 0 aliphatic carbocycles. The number of carbonyl (C=O) groups excluding carboxylic acids is 1. The first kappa shape index (κ1) is 22.4. The summed E-state index contributed by atoms with van der Waals surface area (Å²) in [6.45, 7) is 4.62. The van der Waals surface area contributed by atoms with E-state index >= 15 is 0 Å². The minimum absolute atomic E-state index is 0.0791. The van der Waals surface area contributed by atoms with Crippen LogP contribution in [0.25, 0.3) is 0 Å². The first-order chi connectivity index (χ1) is 13.5. The van der Waals surface area contributed by atoms with Crippen molar-refractivity contribution in [3.63, 3.8) is 0 Å². The summed E-state index contributed by atoms with van der Waals surface area (Å²) >= 11 is 0. The van der Waals surface area contributed by atoms with Gasteiger partial charge < -0.3 is 33.7 Å². The summed E-state index contributed by atoms with van der Waals surface area (Å²) in [5.41, 5.74) is 0.807. The van der Waals surface area contributed by atoms with Gasteiger partial charge in [-0.1, -0.05) is 0 Å². The smallest absolute Gasteiger partial charge is 0.308 e. The molecule has 0 bridgehead atoms. The summed E-state index contributed by atoms with van der Waals surface area (Å²) in [5.74, 6) is -0.660. The zero-order valence-corrected chi connectivity index (χ0v) is 17.2. The van der Waals surface area contributed by atoms with Gasteiger partial charge in [-0.15, -0.1) is 0 Å². The molecule has 1 saturated heterocycles. The van der Waals surface area contributed by atoms with E-state index in [1.54, 1.807) is 28.3 Å². The van der Waals surface area contributed by atoms with Gasteiger partial charge in [0.05, 0.1) is 39.4 Å². The summed E-state index contributed by atoms with van der Waals surface area (Å²) in [4.78, 5) is 12.2. The lowest BCUT2D eigenvalue weighted by Crippen LogP contribution is -2.47. The quantitative estimate of drug-likeness (QED) is 0.569. The zero-order valence-electron chi connectivity index (χ0n) is 17.2. The highest BCUT2D eigenvalue weighted by molar-refractivity contribution is 5.71. The van der Waals surface area contributed by atoms with Gasteiger partial charge >= 0.3 is 5.97 Å². The fraction of sp³-hybridized carbons (Fsp3) is 0.650. The Kier molecular flexibility index (Phi) is 8.50. The number of ether oxygens (including phenoxy) is 6. The van der Waals surface area contributed by atoms with Gasteiger partial charge in [-0.3, -0.25) is 4.79 Å². The SMILES string of the molecule is CCOC(=O)C[C@@H](Nc1ccc(OC)cc1)C1(C)O[C@@H](COC)[C@H](COC)O1. The van der Waals surface area contributed by atoms with E-state index in [0.717, 1.165) is 11.4 Å². The maximum absolute atomic E-state index is 12.2. The minimum Gasteiger partial charge on any atom is -0.497 e. The normalized spacial score (nSPS) is 21.9. The molecule has 2 rings (SSSR count). The van der Waals surface area contributed by atoms with Crippen LogP contribution in [0.5, 0.6) is 5.75 Å². The maximum Gasteiger partial charge on any atom is 0.308 e. The lowest BCUT2D eigenvalue weighted by atomic mass is 10.0. The molecule has 8 heteroatoms. The Labute approximate surface area is 166 Å². The molecule has 0 saturated carbocycles. The van der Waals surface area contributed by atoms with Crippen LogP contribution >= 0.6 is 0 Å². The maximum atomic E-state index is 12.2. The van der Waals surface area contributed by atoms with E-state index in [0.29, 0.717) is 19.8 Å². The fourth-order valence-corrected chi connectivity index (χ4v) is 3.20.